The Morgan fingerprint density at radius 1 is 1.11 bits per heavy atom. The lowest BCUT2D eigenvalue weighted by atomic mass is 10.1. The van der Waals surface area contributed by atoms with Crippen molar-refractivity contribution in [3.8, 4) is 17.2 Å². The van der Waals surface area contributed by atoms with E-state index in [2.05, 4.69) is 29.3 Å². The van der Waals surface area contributed by atoms with E-state index in [-0.39, 0.29) is 12.5 Å². The highest BCUT2D eigenvalue weighted by Crippen LogP contribution is 2.27. The molecule has 0 spiro atoms. The molecule has 0 aliphatic rings. The van der Waals surface area contributed by atoms with Crippen LogP contribution in [0.1, 0.15) is 32.5 Å². The number of hydrogen-bond acceptors (Lipinski definition) is 5. The van der Waals surface area contributed by atoms with Crippen LogP contribution < -0.4 is 10.1 Å². The minimum absolute atomic E-state index is 0.0247. The van der Waals surface area contributed by atoms with E-state index in [1.165, 1.54) is 0 Å². The molecule has 1 heterocycles. The third-order valence-electron chi connectivity index (χ3n) is 3.96. The molecule has 0 atom stereocenters. The topological polar surface area (TPSA) is 77.2 Å². The normalized spacial score (nSPS) is 10.8. The van der Waals surface area contributed by atoms with Crippen molar-refractivity contribution in [3.05, 3.63) is 60.4 Å². The van der Waals surface area contributed by atoms with Gasteiger partial charge in [-0.1, -0.05) is 49.3 Å². The molecular weight excluding hydrogens is 342 g/mol. The third kappa shape index (κ3) is 5.41. The quantitative estimate of drug-likeness (QED) is 0.626. The number of nitrogens with one attached hydrogen (secondary N) is 1. The maximum absolute atomic E-state index is 12.2. The van der Waals surface area contributed by atoms with Gasteiger partial charge in [-0.2, -0.15) is 4.98 Å². The summed E-state index contributed by atoms with van der Waals surface area (Å²) in [4.78, 5) is 16.6. The van der Waals surface area contributed by atoms with Gasteiger partial charge in [0.05, 0.1) is 11.3 Å². The molecule has 0 saturated carbocycles. The Balaban J connectivity index is 1.68. The summed E-state index contributed by atoms with van der Waals surface area (Å²) in [5.74, 6) is 1.98. The summed E-state index contributed by atoms with van der Waals surface area (Å²) in [5, 5.41) is 6.90. The minimum atomic E-state index is -0.0247. The van der Waals surface area contributed by atoms with Crippen LogP contribution in [0.3, 0.4) is 0 Å². The lowest BCUT2D eigenvalue weighted by Gasteiger charge is -2.09. The second-order valence-electron chi connectivity index (χ2n) is 6.64. The summed E-state index contributed by atoms with van der Waals surface area (Å²) >= 11 is 0. The second kappa shape index (κ2) is 8.98. The van der Waals surface area contributed by atoms with Crippen LogP contribution in [-0.4, -0.2) is 16.0 Å². The van der Waals surface area contributed by atoms with E-state index in [0.29, 0.717) is 35.3 Å². The maximum Gasteiger partial charge on any atom is 0.260 e. The smallest absolute Gasteiger partial charge is 0.260 e. The zero-order valence-electron chi connectivity index (χ0n) is 15.5. The number of rotatable bonds is 8. The lowest BCUT2D eigenvalue weighted by Crippen LogP contribution is -2.12. The summed E-state index contributed by atoms with van der Waals surface area (Å²) in [7, 11) is 0. The van der Waals surface area contributed by atoms with E-state index in [1.807, 2.05) is 54.6 Å². The molecule has 0 fully saturated rings. The average Bonchev–Trinajstić information content (AvgIpc) is 3.15. The molecule has 1 amide bonds. The molecule has 3 rings (SSSR count). The van der Waals surface area contributed by atoms with Gasteiger partial charge in [0.25, 0.3) is 5.89 Å². The molecule has 0 bridgehead atoms. The van der Waals surface area contributed by atoms with E-state index in [0.717, 1.165) is 12.2 Å². The monoisotopic (exact) mass is 365 g/mol. The first-order valence-electron chi connectivity index (χ1n) is 9.01. The lowest BCUT2D eigenvalue weighted by molar-refractivity contribution is -0.116. The second-order valence-corrected chi connectivity index (χ2v) is 6.64. The minimum Gasteiger partial charge on any atom is -0.485 e. The SMILES string of the molecule is CC(C)CCC(=O)Nc1ccccc1-c1nc(COc2ccccc2)no1. The van der Waals surface area contributed by atoms with Gasteiger partial charge in [-0.3, -0.25) is 4.79 Å². The van der Waals surface area contributed by atoms with Gasteiger partial charge in [-0.15, -0.1) is 0 Å². The van der Waals surface area contributed by atoms with Crippen molar-refractivity contribution in [2.45, 2.75) is 33.3 Å². The van der Waals surface area contributed by atoms with Crippen LogP contribution in [0.15, 0.2) is 59.1 Å². The summed E-state index contributed by atoms with van der Waals surface area (Å²) in [6, 6.07) is 16.8. The average molecular weight is 365 g/mol. The summed E-state index contributed by atoms with van der Waals surface area (Å²) in [5.41, 5.74) is 1.35. The molecule has 1 N–H and O–H groups in total. The van der Waals surface area contributed by atoms with Crippen molar-refractivity contribution >= 4 is 11.6 Å². The summed E-state index contributed by atoms with van der Waals surface area (Å²) in [6.07, 6.45) is 1.32. The Kier molecular flexibility index (Phi) is 6.20. The van der Waals surface area contributed by atoms with Crippen molar-refractivity contribution in [2.75, 3.05) is 5.32 Å². The van der Waals surface area contributed by atoms with Crippen molar-refractivity contribution in [1.29, 1.82) is 0 Å². The number of hydrogen-bond donors (Lipinski definition) is 1. The number of amides is 1. The summed E-state index contributed by atoms with van der Waals surface area (Å²) < 4.78 is 11.0. The van der Waals surface area contributed by atoms with Gasteiger partial charge in [0.2, 0.25) is 11.7 Å². The van der Waals surface area contributed by atoms with Gasteiger partial charge in [-0.05, 0) is 36.6 Å². The van der Waals surface area contributed by atoms with E-state index >= 15 is 0 Å². The Bertz CT molecular complexity index is 875. The zero-order valence-corrected chi connectivity index (χ0v) is 15.5. The van der Waals surface area contributed by atoms with E-state index in [4.69, 9.17) is 9.26 Å². The van der Waals surface area contributed by atoms with Crippen molar-refractivity contribution in [1.82, 2.24) is 10.1 Å². The molecule has 0 radical (unpaired) electrons. The molecule has 6 nitrogen and oxygen atoms in total. The van der Waals surface area contributed by atoms with Crippen LogP contribution in [0, 0.1) is 5.92 Å². The fourth-order valence-electron chi connectivity index (χ4n) is 2.50. The molecule has 27 heavy (non-hydrogen) atoms. The van der Waals surface area contributed by atoms with Gasteiger partial charge in [0.15, 0.2) is 6.61 Å². The van der Waals surface area contributed by atoms with Gasteiger partial charge in [0.1, 0.15) is 5.75 Å². The molecular formula is C21H23N3O3. The zero-order chi connectivity index (χ0) is 19.1. The Morgan fingerprint density at radius 3 is 2.63 bits per heavy atom. The van der Waals surface area contributed by atoms with Crippen molar-refractivity contribution in [3.63, 3.8) is 0 Å². The Morgan fingerprint density at radius 2 is 1.85 bits per heavy atom. The first-order chi connectivity index (χ1) is 13.1. The number of nitrogens with zero attached hydrogens (tertiary/aromatic N) is 2. The number of carbonyl (C=O) groups excluding carboxylic acids is 1. The molecule has 0 aliphatic carbocycles. The van der Waals surface area contributed by atoms with Crippen LogP contribution in [-0.2, 0) is 11.4 Å². The van der Waals surface area contributed by atoms with Crippen molar-refractivity contribution < 1.29 is 14.1 Å². The molecule has 1 aromatic heterocycles. The van der Waals surface area contributed by atoms with Gasteiger partial charge in [-0.25, -0.2) is 0 Å². The number of anilines is 1. The molecule has 2 aromatic carbocycles. The number of carbonyl (C=O) groups is 1. The Hall–Kier alpha value is -3.15. The number of ether oxygens (including phenoxy) is 1. The number of aromatic nitrogens is 2. The third-order valence-corrected chi connectivity index (χ3v) is 3.96. The molecule has 0 aliphatic heterocycles. The fraction of sp³-hybridized carbons (Fsp3) is 0.286. The van der Waals surface area contributed by atoms with Crippen molar-refractivity contribution in [2.24, 2.45) is 5.92 Å². The number of para-hydroxylation sites is 2. The summed E-state index contributed by atoms with van der Waals surface area (Å²) in [6.45, 7) is 4.40. The van der Waals surface area contributed by atoms with E-state index < -0.39 is 0 Å². The highest BCUT2D eigenvalue weighted by Gasteiger charge is 2.15. The molecule has 3 aromatic rings. The predicted molar refractivity (Wildman–Crippen MR) is 103 cm³/mol. The first-order valence-corrected chi connectivity index (χ1v) is 9.01. The standard InChI is InChI=1S/C21H23N3O3/c1-15(2)12-13-20(25)22-18-11-7-6-10-17(18)21-23-19(24-27-21)14-26-16-8-4-3-5-9-16/h3-11,15H,12-14H2,1-2H3,(H,22,25). The van der Waals surface area contributed by atoms with Crippen LogP contribution >= 0.6 is 0 Å². The van der Waals surface area contributed by atoms with Crippen LogP contribution in [0.2, 0.25) is 0 Å². The number of benzene rings is 2. The molecule has 0 saturated heterocycles. The van der Waals surface area contributed by atoms with Gasteiger partial charge >= 0.3 is 0 Å². The molecule has 140 valence electrons. The van der Waals surface area contributed by atoms with Gasteiger partial charge < -0.3 is 14.6 Å². The fourth-order valence-corrected chi connectivity index (χ4v) is 2.50. The van der Waals surface area contributed by atoms with Gasteiger partial charge in [0, 0.05) is 6.42 Å². The van der Waals surface area contributed by atoms with Crippen LogP contribution in [0.25, 0.3) is 11.5 Å². The largest absolute Gasteiger partial charge is 0.485 e. The van der Waals surface area contributed by atoms with Crippen LogP contribution in [0.4, 0.5) is 5.69 Å². The van der Waals surface area contributed by atoms with E-state index in [1.54, 1.807) is 0 Å². The predicted octanol–water partition coefficient (Wildman–Crippen LogP) is 4.69. The first kappa shape index (κ1) is 18.6. The molecule has 0 unspecified atom stereocenters. The highest BCUT2D eigenvalue weighted by molar-refractivity contribution is 5.94. The highest BCUT2D eigenvalue weighted by atomic mass is 16.5. The van der Waals surface area contributed by atoms with Crippen LogP contribution in [0.5, 0.6) is 5.75 Å². The Labute approximate surface area is 158 Å². The molecule has 6 heteroatoms. The van der Waals surface area contributed by atoms with E-state index in [9.17, 15) is 4.79 Å². The maximum atomic E-state index is 12.2.